The molecule has 3 rings (SSSR count). The maximum Gasteiger partial charge on any atom is 0.414 e. The quantitative estimate of drug-likeness (QED) is 0.753. The third kappa shape index (κ3) is 4.37. The number of halogens is 1. The molecule has 1 N–H and O–H groups in total. The minimum atomic E-state index is -4.62. The number of hydrogen-bond acceptors (Lipinski definition) is 7. The molecule has 2 aliphatic rings. The fourth-order valence-corrected chi connectivity index (χ4v) is 3.03. The molecule has 2 heterocycles. The summed E-state index contributed by atoms with van der Waals surface area (Å²) in [4.78, 5) is 14.9. The van der Waals surface area contributed by atoms with Crippen LogP contribution in [-0.2, 0) is 24.1 Å². The van der Waals surface area contributed by atoms with Crippen LogP contribution in [0, 0.1) is 5.82 Å². The number of morpholine rings is 1. The second-order valence-electron chi connectivity index (χ2n) is 5.56. The molecule has 25 heavy (non-hydrogen) atoms. The van der Waals surface area contributed by atoms with Gasteiger partial charge in [-0.25, -0.2) is 13.4 Å². The van der Waals surface area contributed by atoms with Gasteiger partial charge in [0.1, 0.15) is 18.5 Å². The van der Waals surface area contributed by atoms with Crippen molar-refractivity contribution >= 4 is 27.9 Å². The summed E-state index contributed by atoms with van der Waals surface area (Å²) in [5.74, 6) is -0.482. The normalized spacial score (nSPS) is 21.5. The third-order valence-corrected chi connectivity index (χ3v) is 4.31. The Hall–Kier alpha value is -1.95. The summed E-state index contributed by atoms with van der Waals surface area (Å²) in [5, 5.41) is 0. The van der Waals surface area contributed by atoms with E-state index in [-0.39, 0.29) is 12.2 Å². The summed E-state index contributed by atoms with van der Waals surface area (Å²) < 4.78 is 58.5. The first-order valence-corrected chi connectivity index (χ1v) is 8.92. The molecule has 0 spiro atoms. The average molecular weight is 376 g/mol. The van der Waals surface area contributed by atoms with Crippen molar-refractivity contribution in [3.63, 3.8) is 0 Å². The zero-order valence-corrected chi connectivity index (χ0v) is 13.9. The van der Waals surface area contributed by atoms with E-state index in [1.165, 1.54) is 11.0 Å². The standard InChI is InChI=1S/C14H17FN2O7S/c15-12-7-10(1-2-13(12)16-3-5-22-6-4-16)17-8-11(24-14(17)18)9-23-25(19,20)21/h1-2,7,11H,3-6,8-9H2,(H,19,20,21)/t11-/m1/s1. The van der Waals surface area contributed by atoms with Gasteiger partial charge in [-0.05, 0) is 18.2 Å². The van der Waals surface area contributed by atoms with Crippen LogP contribution in [0.2, 0.25) is 0 Å². The molecular formula is C14H17FN2O7S. The Kier molecular flexibility index (Phi) is 5.08. The van der Waals surface area contributed by atoms with Gasteiger partial charge in [0, 0.05) is 13.1 Å². The lowest BCUT2D eigenvalue weighted by atomic mass is 10.2. The minimum absolute atomic E-state index is 0.0231. The minimum Gasteiger partial charge on any atom is -0.441 e. The molecule has 2 aliphatic heterocycles. The Morgan fingerprint density at radius 2 is 2.04 bits per heavy atom. The molecule has 1 aromatic rings. The van der Waals surface area contributed by atoms with Crippen LogP contribution >= 0.6 is 0 Å². The van der Waals surface area contributed by atoms with E-state index in [9.17, 15) is 17.6 Å². The Balaban J connectivity index is 1.69. The molecule has 0 aliphatic carbocycles. The van der Waals surface area contributed by atoms with E-state index in [1.54, 1.807) is 12.1 Å². The SMILES string of the molecule is O=C1O[C@@H](COS(=O)(=O)O)CN1c1ccc(N2CCOCC2)c(F)c1. The highest BCUT2D eigenvalue weighted by Gasteiger charge is 2.34. The zero-order chi connectivity index (χ0) is 18.0. The van der Waals surface area contributed by atoms with Crippen molar-refractivity contribution in [2.24, 2.45) is 0 Å². The number of benzene rings is 1. The smallest absolute Gasteiger partial charge is 0.414 e. The van der Waals surface area contributed by atoms with Gasteiger partial charge in [0.2, 0.25) is 0 Å². The number of anilines is 2. The van der Waals surface area contributed by atoms with Crippen molar-refractivity contribution in [1.82, 2.24) is 0 Å². The van der Waals surface area contributed by atoms with Crippen molar-refractivity contribution < 1.29 is 35.8 Å². The molecule has 1 atom stereocenters. The van der Waals surface area contributed by atoms with Crippen molar-refractivity contribution in [2.45, 2.75) is 6.10 Å². The molecule has 2 fully saturated rings. The van der Waals surface area contributed by atoms with Crippen LogP contribution in [0.25, 0.3) is 0 Å². The van der Waals surface area contributed by atoms with Crippen molar-refractivity contribution in [2.75, 3.05) is 49.3 Å². The Morgan fingerprint density at radius 3 is 2.68 bits per heavy atom. The molecule has 0 radical (unpaired) electrons. The largest absolute Gasteiger partial charge is 0.441 e. The van der Waals surface area contributed by atoms with E-state index in [0.717, 1.165) is 0 Å². The lowest BCUT2D eigenvalue weighted by Gasteiger charge is -2.29. The predicted octanol–water partition coefficient (Wildman–Crippen LogP) is 0.807. The van der Waals surface area contributed by atoms with Gasteiger partial charge in [0.05, 0.1) is 31.1 Å². The van der Waals surface area contributed by atoms with E-state index in [0.29, 0.717) is 32.0 Å². The number of carbonyl (C=O) groups is 1. The number of carbonyl (C=O) groups excluding carboxylic acids is 1. The summed E-state index contributed by atoms with van der Waals surface area (Å²) in [6.07, 6.45) is -1.64. The van der Waals surface area contributed by atoms with Crippen LogP contribution in [-0.4, -0.2) is 64.6 Å². The van der Waals surface area contributed by atoms with Gasteiger partial charge < -0.3 is 14.4 Å². The zero-order valence-electron chi connectivity index (χ0n) is 13.1. The number of ether oxygens (including phenoxy) is 2. The fourth-order valence-electron chi connectivity index (χ4n) is 2.71. The van der Waals surface area contributed by atoms with Crippen LogP contribution < -0.4 is 9.80 Å². The Labute approximate surface area is 143 Å². The first-order valence-electron chi connectivity index (χ1n) is 7.56. The topological polar surface area (TPSA) is 106 Å². The van der Waals surface area contributed by atoms with Gasteiger partial charge in [-0.2, -0.15) is 8.42 Å². The molecule has 0 bridgehead atoms. The highest BCUT2D eigenvalue weighted by molar-refractivity contribution is 7.80. The van der Waals surface area contributed by atoms with Gasteiger partial charge in [0.15, 0.2) is 0 Å². The van der Waals surface area contributed by atoms with E-state index >= 15 is 0 Å². The molecule has 0 aromatic heterocycles. The first-order chi connectivity index (χ1) is 11.8. The molecule has 0 unspecified atom stereocenters. The van der Waals surface area contributed by atoms with Crippen LogP contribution in [0.3, 0.4) is 0 Å². The van der Waals surface area contributed by atoms with E-state index < -0.39 is 35.0 Å². The maximum atomic E-state index is 14.4. The van der Waals surface area contributed by atoms with Gasteiger partial charge in [-0.15, -0.1) is 0 Å². The predicted molar refractivity (Wildman–Crippen MR) is 84.5 cm³/mol. The van der Waals surface area contributed by atoms with E-state index in [4.69, 9.17) is 14.0 Å². The number of rotatable bonds is 5. The molecule has 9 nitrogen and oxygen atoms in total. The summed E-state index contributed by atoms with van der Waals surface area (Å²) in [6, 6.07) is 4.38. The number of cyclic esters (lactones) is 1. The summed E-state index contributed by atoms with van der Waals surface area (Å²) in [6.45, 7) is 1.67. The molecule has 11 heteroatoms. The van der Waals surface area contributed by atoms with Gasteiger partial charge >= 0.3 is 16.5 Å². The van der Waals surface area contributed by atoms with Crippen molar-refractivity contribution in [3.05, 3.63) is 24.0 Å². The van der Waals surface area contributed by atoms with Crippen molar-refractivity contribution in [3.8, 4) is 0 Å². The van der Waals surface area contributed by atoms with E-state index in [1.807, 2.05) is 4.90 Å². The molecular weight excluding hydrogens is 359 g/mol. The van der Waals surface area contributed by atoms with Crippen LogP contribution in [0.1, 0.15) is 0 Å². The Bertz CT molecular complexity index is 752. The van der Waals surface area contributed by atoms with Crippen LogP contribution in [0.5, 0.6) is 0 Å². The third-order valence-electron chi connectivity index (χ3n) is 3.87. The van der Waals surface area contributed by atoms with Gasteiger partial charge in [-0.1, -0.05) is 0 Å². The monoisotopic (exact) mass is 376 g/mol. The molecule has 0 saturated carbocycles. The molecule has 2 saturated heterocycles. The lowest BCUT2D eigenvalue weighted by molar-refractivity contribution is 0.102. The lowest BCUT2D eigenvalue weighted by Crippen LogP contribution is -2.36. The van der Waals surface area contributed by atoms with Crippen LogP contribution in [0.4, 0.5) is 20.6 Å². The van der Waals surface area contributed by atoms with E-state index in [2.05, 4.69) is 4.18 Å². The first kappa shape index (κ1) is 17.9. The maximum absolute atomic E-state index is 14.4. The molecule has 138 valence electrons. The summed E-state index contributed by atoms with van der Waals surface area (Å²) in [7, 11) is -4.62. The van der Waals surface area contributed by atoms with Crippen molar-refractivity contribution in [1.29, 1.82) is 0 Å². The van der Waals surface area contributed by atoms with Gasteiger partial charge in [-0.3, -0.25) is 9.45 Å². The summed E-state index contributed by atoms with van der Waals surface area (Å²) in [5.41, 5.74) is 0.708. The van der Waals surface area contributed by atoms with Gasteiger partial charge in [0.25, 0.3) is 0 Å². The number of hydrogen-bond donors (Lipinski definition) is 1. The second-order valence-corrected chi connectivity index (χ2v) is 6.65. The molecule has 1 aromatic carbocycles. The van der Waals surface area contributed by atoms with Crippen LogP contribution in [0.15, 0.2) is 18.2 Å². The summed E-state index contributed by atoms with van der Waals surface area (Å²) >= 11 is 0. The highest BCUT2D eigenvalue weighted by Crippen LogP contribution is 2.28. The Morgan fingerprint density at radius 1 is 1.32 bits per heavy atom. The average Bonchev–Trinajstić information content (AvgIpc) is 2.94. The molecule has 1 amide bonds. The number of nitrogens with zero attached hydrogens (tertiary/aromatic N) is 2. The fraction of sp³-hybridized carbons (Fsp3) is 0.500. The second kappa shape index (κ2) is 7.12. The highest BCUT2D eigenvalue weighted by atomic mass is 32.3. The number of amides is 1.